The first kappa shape index (κ1) is 18.6. The van der Waals surface area contributed by atoms with Crippen LogP contribution < -0.4 is 15.4 Å². The Morgan fingerprint density at radius 1 is 1.29 bits per heavy atom. The number of guanidine groups is 1. The third-order valence-corrected chi connectivity index (χ3v) is 4.60. The number of hydrogen-bond donors (Lipinski definition) is 2. The first-order valence-corrected chi connectivity index (χ1v) is 8.94. The van der Waals surface area contributed by atoms with Gasteiger partial charge in [-0.1, -0.05) is 18.2 Å². The van der Waals surface area contributed by atoms with Crippen molar-refractivity contribution >= 4 is 5.96 Å². The summed E-state index contributed by atoms with van der Waals surface area (Å²) in [6, 6.07) is 8.11. The van der Waals surface area contributed by atoms with Crippen molar-refractivity contribution in [1.29, 1.82) is 0 Å². The molecule has 0 radical (unpaired) electrons. The Labute approximate surface area is 146 Å². The Balaban J connectivity index is 1.70. The van der Waals surface area contributed by atoms with Crippen LogP contribution in [0.3, 0.4) is 0 Å². The molecule has 0 aliphatic carbocycles. The second kappa shape index (κ2) is 9.52. The van der Waals surface area contributed by atoms with Crippen LogP contribution in [-0.2, 0) is 0 Å². The van der Waals surface area contributed by atoms with Crippen LogP contribution in [0.4, 0.5) is 0 Å². The highest BCUT2D eigenvalue weighted by atomic mass is 16.5. The molecule has 0 aromatic heterocycles. The molecule has 0 spiro atoms. The van der Waals surface area contributed by atoms with Gasteiger partial charge in [-0.2, -0.15) is 0 Å². The van der Waals surface area contributed by atoms with Gasteiger partial charge in [-0.25, -0.2) is 0 Å². The number of aliphatic imine (C=N–C) groups is 1. The van der Waals surface area contributed by atoms with E-state index in [0.717, 1.165) is 36.3 Å². The lowest BCUT2D eigenvalue weighted by Gasteiger charge is -2.29. The zero-order chi connectivity index (χ0) is 17.4. The zero-order valence-corrected chi connectivity index (χ0v) is 15.5. The number of para-hydroxylation sites is 1. The average Bonchev–Trinajstić information content (AvgIpc) is 2.58. The van der Waals surface area contributed by atoms with Gasteiger partial charge in [0.05, 0.1) is 6.54 Å². The number of nitrogens with zero attached hydrogens (tertiary/aromatic N) is 2. The van der Waals surface area contributed by atoms with Crippen molar-refractivity contribution in [1.82, 2.24) is 15.5 Å². The SMILES string of the molecule is CN=C(NCC1CCN(C)CC1)NCC(C)Oc1ccccc1C. The molecule has 2 N–H and O–H groups in total. The van der Waals surface area contributed by atoms with Crippen LogP contribution in [-0.4, -0.2) is 57.2 Å². The summed E-state index contributed by atoms with van der Waals surface area (Å²) in [5.41, 5.74) is 1.16. The molecule has 1 aromatic rings. The number of rotatable bonds is 6. The molecule has 0 amide bonds. The highest BCUT2D eigenvalue weighted by Gasteiger charge is 2.16. The van der Waals surface area contributed by atoms with Gasteiger partial charge in [0.1, 0.15) is 11.9 Å². The molecule has 1 aliphatic rings. The molecule has 1 fully saturated rings. The zero-order valence-electron chi connectivity index (χ0n) is 15.5. The lowest BCUT2D eigenvalue weighted by molar-refractivity contribution is 0.217. The normalized spacial score (nSPS) is 18.2. The molecular formula is C19H32N4O. The van der Waals surface area contributed by atoms with E-state index in [-0.39, 0.29) is 6.10 Å². The molecule has 5 nitrogen and oxygen atoms in total. The number of aryl methyl sites for hydroxylation is 1. The Hall–Kier alpha value is -1.75. The molecule has 0 bridgehead atoms. The van der Waals surface area contributed by atoms with E-state index in [4.69, 9.17) is 4.74 Å². The van der Waals surface area contributed by atoms with E-state index in [1.54, 1.807) is 0 Å². The van der Waals surface area contributed by atoms with Crippen molar-refractivity contribution in [3.05, 3.63) is 29.8 Å². The summed E-state index contributed by atoms with van der Waals surface area (Å²) in [6.45, 7) is 8.24. The maximum atomic E-state index is 6.00. The second-order valence-electron chi connectivity index (χ2n) is 6.77. The monoisotopic (exact) mass is 332 g/mol. The first-order valence-electron chi connectivity index (χ1n) is 8.94. The van der Waals surface area contributed by atoms with Gasteiger partial charge < -0.3 is 20.3 Å². The number of piperidine rings is 1. The second-order valence-corrected chi connectivity index (χ2v) is 6.77. The standard InChI is InChI=1S/C19H32N4O/c1-15-7-5-6-8-18(15)24-16(2)13-21-19(20-3)22-14-17-9-11-23(4)12-10-17/h5-8,16-17H,9-14H2,1-4H3,(H2,20,21,22). The lowest BCUT2D eigenvalue weighted by Crippen LogP contribution is -2.44. The quantitative estimate of drug-likeness (QED) is 0.620. The Morgan fingerprint density at radius 3 is 2.67 bits per heavy atom. The lowest BCUT2D eigenvalue weighted by atomic mass is 9.97. The smallest absolute Gasteiger partial charge is 0.191 e. The van der Waals surface area contributed by atoms with Gasteiger partial charge in [0, 0.05) is 13.6 Å². The summed E-state index contributed by atoms with van der Waals surface area (Å²) < 4.78 is 6.00. The van der Waals surface area contributed by atoms with Crippen molar-refractivity contribution in [2.75, 3.05) is 40.3 Å². The van der Waals surface area contributed by atoms with Crippen molar-refractivity contribution < 1.29 is 4.74 Å². The summed E-state index contributed by atoms with van der Waals surface area (Å²) in [6.07, 6.45) is 2.59. The van der Waals surface area contributed by atoms with Gasteiger partial charge in [-0.05, 0) is 64.4 Å². The summed E-state index contributed by atoms with van der Waals surface area (Å²) in [5, 5.41) is 6.81. The molecule has 1 aliphatic heterocycles. The molecule has 134 valence electrons. The Kier molecular flexibility index (Phi) is 7.37. The number of nitrogens with one attached hydrogen (secondary N) is 2. The molecular weight excluding hydrogens is 300 g/mol. The largest absolute Gasteiger partial charge is 0.489 e. The minimum Gasteiger partial charge on any atom is -0.489 e. The number of likely N-dealkylation sites (tertiary alicyclic amines) is 1. The van der Waals surface area contributed by atoms with E-state index < -0.39 is 0 Å². The third-order valence-electron chi connectivity index (χ3n) is 4.60. The minimum absolute atomic E-state index is 0.0768. The van der Waals surface area contributed by atoms with Crippen LogP contribution in [0.25, 0.3) is 0 Å². The molecule has 1 atom stereocenters. The summed E-state index contributed by atoms with van der Waals surface area (Å²) in [5.74, 6) is 2.54. The Morgan fingerprint density at radius 2 is 2.00 bits per heavy atom. The van der Waals surface area contributed by atoms with Crippen molar-refractivity contribution in [2.45, 2.75) is 32.8 Å². The summed E-state index contributed by atoms with van der Waals surface area (Å²) >= 11 is 0. The average molecular weight is 332 g/mol. The van der Waals surface area contributed by atoms with Crippen LogP contribution in [0.2, 0.25) is 0 Å². The van der Waals surface area contributed by atoms with Crippen LogP contribution in [0.15, 0.2) is 29.3 Å². The maximum Gasteiger partial charge on any atom is 0.191 e. The predicted octanol–water partition coefficient (Wildman–Crippen LogP) is 2.27. The topological polar surface area (TPSA) is 48.9 Å². The fourth-order valence-electron chi connectivity index (χ4n) is 2.92. The van der Waals surface area contributed by atoms with E-state index in [0.29, 0.717) is 0 Å². The van der Waals surface area contributed by atoms with Crippen LogP contribution in [0.1, 0.15) is 25.3 Å². The Bertz CT molecular complexity index is 524. The van der Waals surface area contributed by atoms with Gasteiger partial charge in [-0.15, -0.1) is 0 Å². The fraction of sp³-hybridized carbons (Fsp3) is 0.632. The van der Waals surface area contributed by atoms with Gasteiger partial charge in [0.2, 0.25) is 0 Å². The van der Waals surface area contributed by atoms with Gasteiger partial charge in [0.25, 0.3) is 0 Å². The molecule has 1 aromatic carbocycles. The van der Waals surface area contributed by atoms with Crippen molar-refractivity contribution in [3.8, 4) is 5.75 Å². The van der Waals surface area contributed by atoms with E-state index in [9.17, 15) is 0 Å². The molecule has 1 unspecified atom stereocenters. The van der Waals surface area contributed by atoms with E-state index in [1.807, 2.05) is 25.2 Å². The number of hydrogen-bond acceptors (Lipinski definition) is 3. The summed E-state index contributed by atoms with van der Waals surface area (Å²) in [4.78, 5) is 6.71. The van der Waals surface area contributed by atoms with Crippen LogP contribution in [0, 0.1) is 12.8 Å². The maximum absolute atomic E-state index is 6.00. The molecule has 1 heterocycles. The van der Waals surface area contributed by atoms with Crippen LogP contribution >= 0.6 is 0 Å². The predicted molar refractivity (Wildman–Crippen MR) is 101 cm³/mol. The van der Waals surface area contributed by atoms with Crippen molar-refractivity contribution in [3.63, 3.8) is 0 Å². The molecule has 2 rings (SSSR count). The van der Waals surface area contributed by atoms with E-state index >= 15 is 0 Å². The first-order chi connectivity index (χ1) is 11.6. The molecule has 24 heavy (non-hydrogen) atoms. The van der Waals surface area contributed by atoms with E-state index in [2.05, 4.69) is 47.5 Å². The van der Waals surface area contributed by atoms with Crippen LogP contribution in [0.5, 0.6) is 5.75 Å². The van der Waals surface area contributed by atoms with E-state index in [1.165, 1.54) is 25.9 Å². The number of ether oxygens (including phenoxy) is 1. The molecule has 1 saturated heterocycles. The van der Waals surface area contributed by atoms with Crippen molar-refractivity contribution in [2.24, 2.45) is 10.9 Å². The highest BCUT2D eigenvalue weighted by Crippen LogP contribution is 2.17. The highest BCUT2D eigenvalue weighted by molar-refractivity contribution is 5.79. The van der Waals surface area contributed by atoms with Gasteiger partial charge in [0.15, 0.2) is 5.96 Å². The number of benzene rings is 1. The van der Waals surface area contributed by atoms with Gasteiger partial charge in [-0.3, -0.25) is 4.99 Å². The molecule has 5 heteroatoms. The third kappa shape index (κ3) is 6.04. The fourth-order valence-corrected chi connectivity index (χ4v) is 2.92. The summed E-state index contributed by atoms with van der Waals surface area (Å²) in [7, 11) is 4.01. The molecule has 0 saturated carbocycles. The van der Waals surface area contributed by atoms with Gasteiger partial charge >= 0.3 is 0 Å². The minimum atomic E-state index is 0.0768.